The van der Waals surface area contributed by atoms with Gasteiger partial charge in [-0.2, -0.15) is 13.2 Å². The molecule has 0 aliphatic carbocycles. The Morgan fingerprint density at radius 1 is 1.22 bits per heavy atom. The summed E-state index contributed by atoms with van der Waals surface area (Å²) in [6.45, 7) is 0. The van der Waals surface area contributed by atoms with Crippen molar-refractivity contribution in [3.05, 3.63) is 58.0 Å². The smallest absolute Gasteiger partial charge is 0.328 e. The lowest BCUT2D eigenvalue weighted by molar-refractivity contribution is -0.137. The Morgan fingerprint density at radius 2 is 1.96 bits per heavy atom. The molecule has 0 unspecified atom stereocenters. The van der Waals surface area contributed by atoms with E-state index in [1.807, 2.05) is 4.98 Å². The number of pyridine rings is 1. The van der Waals surface area contributed by atoms with E-state index in [0.29, 0.717) is 23.3 Å². The Bertz CT molecular complexity index is 910. The molecule has 3 aromatic rings. The highest BCUT2D eigenvalue weighted by molar-refractivity contribution is 6.03. The molecule has 0 fully saturated rings. The first kappa shape index (κ1) is 14.8. The first-order valence-electron chi connectivity index (χ1n) is 6.40. The van der Waals surface area contributed by atoms with Gasteiger partial charge in [-0.25, -0.2) is 4.98 Å². The van der Waals surface area contributed by atoms with Crippen molar-refractivity contribution in [3.63, 3.8) is 0 Å². The number of H-pyrrole nitrogens is 2. The van der Waals surface area contributed by atoms with Crippen LogP contribution in [-0.4, -0.2) is 20.9 Å². The molecule has 0 aliphatic rings. The largest absolute Gasteiger partial charge is 0.417 e. The van der Waals surface area contributed by atoms with Gasteiger partial charge in [0.2, 0.25) is 5.95 Å². The third-order valence-corrected chi connectivity index (χ3v) is 3.10. The van der Waals surface area contributed by atoms with E-state index in [1.165, 1.54) is 0 Å². The number of carbonyl (C=O) groups excluding carboxylic acids is 1. The molecule has 0 bridgehead atoms. The van der Waals surface area contributed by atoms with E-state index >= 15 is 0 Å². The zero-order chi connectivity index (χ0) is 16.6. The number of para-hydroxylation sites is 2. The molecule has 2 aromatic heterocycles. The maximum Gasteiger partial charge on any atom is 0.417 e. The normalized spacial score (nSPS) is 11.6. The van der Waals surface area contributed by atoms with E-state index in [0.717, 1.165) is 0 Å². The number of anilines is 1. The third kappa shape index (κ3) is 2.93. The van der Waals surface area contributed by atoms with Gasteiger partial charge in [0.1, 0.15) is 5.56 Å². The SMILES string of the molecule is O=C(Nc1nc2ccccc2[nH]1)c1cc(C(F)(F)F)c[nH]c1=O. The molecule has 1 amide bonds. The predicted octanol–water partition coefficient (Wildman–Crippen LogP) is 2.52. The number of carbonyl (C=O) groups is 1. The molecule has 0 radical (unpaired) electrons. The van der Waals surface area contributed by atoms with Crippen molar-refractivity contribution in [1.82, 2.24) is 15.0 Å². The van der Waals surface area contributed by atoms with Gasteiger partial charge in [-0.1, -0.05) is 12.1 Å². The number of nitrogens with one attached hydrogen (secondary N) is 3. The van der Waals surface area contributed by atoms with Crippen LogP contribution in [0, 0.1) is 0 Å². The lowest BCUT2D eigenvalue weighted by atomic mass is 10.2. The highest BCUT2D eigenvalue weighted by Crippen LogP contribution is 2.28. The summed E-state index contributed by atoms with van der Waals surface area (Å²) in [5.74, 6) is -0.954. The summed E-state index contributed by atoms with van der Waals surface area (Å²) >= 11 is 0. The van der Waals surface area contributed by atoms with Crippen molar-refractivity contribution in [2.75, 3.05) is 5.32 Å². The molecule has 0 saturated heterocycles. The minimum absolute atomic E-state index is 0.0352. The Hall–Kier alpha value is -3.10. The van der Waals surface area contributed by atoms with Crippen molar-refractivity contribution in [2.24, 2.45) is 0 Å². The van der Waals surface area contributed by atoms with E-state index < -0.39 is 28.8 Å². The molecule has 3 N–H and O–H groups in total. The number of amides is 1. The summed E-state index contributed by atoms with van der Waals surface area (Å²) in [4.78, 5) is 32.4. The Kier molecular flexibility index (Phi) is 3.40. The van der Waals surface area contributed by atoms with Gasteiger partial charge in [-0.05, 0) is 18.2 Å². The van der Waals surface area contributed by atoms with E-state index in [4.69, 9.17) is 0 Å². The Morgan fingerprint density at radius 3 is 2.65 bits per heavy atom. The Balaban J connectivity index is 1.92. The number of halogens is 3. The Labute approximate surface area is 126 Å². The number of hydrogen-bond acceptors (Lipinski definition) is 3. The first-order valence-corrected chi connectivity index (χ1v) is 6.40. The lowest BCUT2D eigenvalue weighted by Gasteiger charge is -2.07. The molecule has 2 heterocycles. The van der Waals surface area contributed by atoms with Crippen molar-refractivity contribution in [3.8, 4) is 0 Å². The second-order valence-corrected chi connectivity index (χ2v) is 4.69. The number of fused-ring (bicyclic) bond motifs is 1. The summed E-state index contributed by atoms with van der Waals surface area (Å²) in [7, 11) is 0. The number of nitrogens with zero attached hydrogens (tertiary/aromatic N) is 1. The molecular formula is C14H9F3N4O2. The minimum Gasteiger partial charge on any atom is -0.328 e. The summed E-state index contributed by atoms with van der Waals surface area (Å²) in [5, 5.41) is 2.27. The van der Waals surface area contributed by atoms with Crippen molar-refractivity contribution in [2.45, 2.75) is 6.18 Å². The second-order valence-electron chi connectivity index (χ2n) is 4.69. The molecule has 0 saturated carbocycles. The quantitative estimate of drug-likeness (QED) is 0.677. The van der Waals surface area contributed by atoms with Crippen molar-refractivity contribution < 1.29 is 18.0 Å². The van der Waals surface area contributed by atoms with E-state index in [-0.39, 0.29) is 5.95 Å². The molecule has 23 heavy (non-hydrogen) atoms. The van der Waals surface area contributed by atoms with Crippen LogP contribution in [0.25, 0.3) is 11.0 Å². The van der Waals surface area contributed by atoms with Gasteiger partial charge in [0.25, 0.3) is 11.5 Å². The molecule has 118 valence electrons. The number of rotatable bonds is 2. The predicted molar refractivity (Wildman–Crippen MR) is 76.1 cm³/mol. The monoisotopic (exact) mass is 322 g/mol. The zero-order valence-corrected chi connectivity index (χ0v) is 11.4. The maximum atomic E-state index is 12.7. The second kappa shape index (κ2) is 5.27. The van der Waals surface area contributed by atoms with E-state index in [1.54, 1.807) is 24.3 Å². The van der Waals surface area contributed by atoms with Gasteiger partial charge in [-0.3, -0.25) is 14.9 Å². The molecular weight excluding hydrogens is 313 g/mol. The average molecular weight is 322 g/mol. The number of imidazole rings is 1. The highest BCUT2D eigenvalue weighted by atomic mass is 19.4. The van der Waals surface area contributed by atoms with Gasteiger partial charge < -0.3 is 9.97 Å². The third-order valence-electron chi connectivity index (χ3n) is 3.10. The molecule has 0 spiro atoms. The number of aromatic nitrogens is 3. The molecule has 0 aliphatic heterocycles. The fourth-order valence-corrected chi connectivity index (χ4v) is 2.00. The van der Waals surface area contributed by atoms with Crippen LogP contribution in [-0.2, 0) is 6.18 Å². The minimum atomic E-state index is -4.67. The number of hydrogen-bond donors (Lipinski definition) is 3. The summed E-state index contributed by atoms with van der Waals surface area (Å²) in [6, 6.07) is 7.40. The molecule has 6 nitrogen and oxygen atoms in total. The molecule has 9 heteroatoms. The van der Waals surface area contributed by atoms with Crippen LogP contribution < -0.4 is 10.9 Å². The fraction of sp³-hybridized carbons (Fsp3) is 0.0714. The van der Waals surface area contributed by atoms with Crippen LogP contribution in [0.3, 0.4) is 0 Å². The number of alkyl halides is 3. The van der Waals surface area contributed by atoms with Crippen molar-refractivity contribution in [1.29, 1.82) is 0 Å². The topological polar surface area (TPSA) is 90.6 Å². The summed E-state index contributed by atoms with van der Waals surface area (Å²) in [6.07, 6.45) is -4.15. The van der Waals surface area contributed by atoms with Gasteiger partial charge >= 0.3 is 6.18 Å². The zero-order valence-electron chi connectivity index (χ0n) is 11.4. The van der Waals surface area contributed by atoms with Crippen LogP contribution in [0.2, 0.25) is 0 Å². The molecule has 3 rings (SSSR count). The van der Waals surface area contributed by atoms with Gasteiger partial charge in [0.05, 0.1) is 16.6 Å². The summed E-state index contributed by atoms with van der Waals surface area (Å²) < 4.78 is 38.0. The number of aromatic amines is 2. The van der Waals surface area contributed by atoms with Gasteiger partial charge in [0.15, 0.2) is 0 Å². The van der Waals surface area contributed by atoms with Crippen LogP contribution in [0.5, 0.6) is 0 Å². The molecule has 1 aromatic carbocycles. The molecule has 0 atom stereocenters. The van der Waals surface area contributed by atoms with Crippen LogP contribution in [0.15, 0.2) is 41.3 Å². The summed E-state index contributed by atoms with van der Waals surface area (Å²) in [5.41, 5.74) is -1.49. The number of benzene rings is 1. The van der Waals surface area contributed by atoms with Crippen molar-refractivity contribution >= 4 is 22.9 Å². The average Bonchev–Trinajstić information content (AvgIpc) is 2.88. The van der Waals surface area contributed by atoms with E-state index in [2.05, 4.69) is 15.3 Å². The van der Waals surface area contributed by atoms with Crippen LogP contribution in [0.4, 0.5) is 19.1 Å². The maximum absolute atomic E-state index is 12.7. The van der Waals surface area contributed by atoms with Crippen LogP contribution >= 0.6 is 0 Å². The van der Waals surface area contributed by atoms with Gasteiger partial charge in [0, 0.05) is 6.20 Å². The first-order chi connectivity index (χ1) is 10.8. The van der Waals surface area contributed by atoms with Gasteiger partial charge in [-0.15, -0.1) is 0 Å². The lowest BCUT2D eigenvalue weighted by Crippen LogP contribution is -2.25. The van der Waals surface area contributed by atoms with Crippen LogP contribution in [0.1, 0.15) is 15.9 Å². The highest BCUT2D eigenvalue weighted by Gasteiger charge is 2.32. The standard InChI is InChI=1S/C14H9F3N4O2/c15-14(16,17)7-5-8(11(22)18-6-7)12(23)21-13-19-9-3-1-2-4-10(9)20-13/h1-6H,(H,18,22)(H2,19,20,21,23). The van der Waals surface area contributed by atoms with E-state index in [9.17, 15) is 22.8 Å². The fourth-order valence-electron chi connectivity index (χ4n) is 2.00.